The number of amides is 2. The molecule has 0 radical (unpaired) electrons. The molecule has 3 rings (SSSR count). The molecule has 1 N–H and O–H groups in total. The lowest BCUT2D eigenvalue weighted by Gasteiger charge is -2.17. The van der Waals surface area contributed by atoms with Crippen LogP contribution in [-0.2, 0) is 23.7 Å². The minimum absolute atomic E-state index is 0.139. The van der Waals surface area contributed by atoms with Crippen LogP contribution in [-0.4, -0.2) is 27.0 Å². The van der Waals surface area contributed by atoms with Gasteiger partial charge in [0.15, 0.2) is 0 Å². The molecule has 0 aliphatic carbocycles. The summed E-state index contributed by atoms with van der Waals surface area (Å²) >= 11 is 0. The average Bonchev–Trinajstić information content (AvgIpc) is 2.85. The Morgan fingerprint density at radius 2 is 1.68 bits per heavy atom. The number of hydrogen-bond acceptors (Lipinski definition) is 5. The molecule has 2 amide bonds. The van der Waals surface area contributed by atoms with E-state index in [1.807, 2.05) is 0 Å². The molecule has 25 heavy (non-hydrogen) atoms. The predicted octanol–water partition coefficient (Wildman–Crippen LogP) is -0.0329. The third-order valence-electron chi connectivity index (χ3n) is 4.08. The summed E-state index contributed by atoms with van der Waals surface area (Å²) < 4.78 is 15.1. The summed E-state index contributed by atoms with van der Waals surface area (Å²) in [6.07, 6.45) is -0.139. The molecule has 1 aliphatic rings. The Balaban J connectivity index is 1.90. The monoisotopic (exact) mass is 346 g/mol. The van der Waals surface area contributed by atoms with Crippen LogP contribution >= 0.6 is 0 Å². The van der Waals surface area contributed by atoms with Crippen molar-refractivity contribution in [2.75, 3.05) is 10.2 Å². The largest absolute Gasteiger partial charge is 0.359 e. The highest BCUT2D eigenvalue weighted by Gasteiger charge is 2.39. The zero-order valence-corrected chi connectivity index (χ0v) is 13.5. The van der Waals surface area contributed by atoms with Gasteiger partial charge in [0, 0.05) is 20.2 Å². The van der Waals surface area contributed by atoms with Crippen LogP contribution in [0.5, 0.6) is 0 Å². The van der Waals surface area contributed by atoms with E-state index in [2.05, 4.69) is 5.32 Å². The Labute approximate surface area is 141 Å². The lowest BCUT2D eigenvalue weighted by atomic mass is 10.2. The summed E-state index contributed by atoms with van der Waals surface area (Å²) in [4.78, 5) is 49.4. The molecule has 1 aliphatic heterocycles. The zero-order chi connectivity index (χ0) is 18.3. The number of imide groups is 1. The lowest BCUT2D eigenvalue weighted by molar-refractivity contribution is -0.121. The second-order valence-corrected chi connectivity index (χ2v) is 5.71. The van der Waals surface area contributed by atoms with Gasteiger partial charge < -0.3 is 5.32 Å². The molecule has 130 valence electrons. The van der Waals surface area contributed by atoms with E-state index in [1.54, 1.807) is 0 Å². The summed E-state index contributed by atoms with van der Waals surface area (Å²) in [5, 5.41) is 2.77. The highest BCUT2D eigenvalue weighted by atomic mass is 19.1. The molecule has 8 nitrogen and oxygen atoms in total. The Morgan fingerprint density at radius 1 is 1.04 bits per heavy atom. The van der Waals surface area contributed by atoms with Crippen molar-refractivity contribution in [1.82, 2.24) is 9.13 Å². The van der Waals surface area contributed by atoms with E-state index in [0.717, 1.165) is 21.6 Å². The molecule has 0 bridgehead atoms. The third kappa shape index (κ3) is 2.84. The number of carbonyl (C=O) groups is 2. The van der Waals surface area contributed by atoms with Gasteiger partial charge in [-0.15, -0.1) is 0 Å². The van der Waals surface area contributed by atoms with E-state index in [4.69, 9.17) is 0 Å². The van der Waals surface area contributed by atoms with E-state index < -0.39 is 34.9 Å². The van der Waals surface area contributed by atoms with Crippen molar-refractivity contribution in [1.29, 1.82) is 0 Å². The van der Waals surface area contributed by atoms with Crippen LogP contribution in [0.1, 0.15) is 6.42 Å². The predicted molar refractivity (Wildman–Crippen MR) is 87.8 cm³/mol. The standard InChI is InChI=1S/C16H15FN4O4/c1-19-12(8-13(22)20(2)16(19)25)18-11-7-14(23)21(15(11)24)10-5-3-9(17)4-6-10/h3-6,8,11,18H,7H2,1-2H3/t11-/m0/s1. The Bertz CT molecular complexity index is 977. The number of rotatable bonds is 3. The normalized spacial score (nSPS) is 17.2. The minimum atomic E-state index is -0.921. The van der Waals surface area contributed by atoms with Crippen molar-refractivity contribution in [2.45, 2.75) is 12.5 Å². The SMILES string of the molecule is Cn1c(N[C@H]2CC(=O)N(c3ccc(F)cc3)C2=O)cc(=O)n(C)c1=O. The first-order chi connectivity index (χ1) is 11.8. The molecule has 2 heterocycles. The van der Waals surface area contributed by atoms with E-state index in [0.29, 0.717) is 0 Å². The van der Waals surface area contributed by atoms with E-state index in [1.165, 1.54) is 36.9 Å². The second-order valence-electron chi connectivity index (χ2n) is 5.71. The highest BCUT2D eigenvalue weighted by Crippen LogP contribution is 2.24. The average molecular weight is 346 g/mol. The molecule has 1 saturated heterocycles. The van der Waals surface area contributed by atoms with Gasteiger partial charge in [-0.05, 0) is 24.3 Å². The maximum atomic E-state index is 13.0. The van der Waals surface area contributed by atoms with Crippen LogP contribution < -0.4 is 21.5 Å². The van der Waals surface area contributed by atoms with Crippen molar-refractivity contribution >= 4 is 23.3 Å². The van der Waals surface area contributed by atoms with E-state index in [-0.39, 0.29) is 17.9 Å². The van der Waals surface area contributed by atoms with E-state index >= 15 is 0 Å². The first-order valence-corrected chi connectivity index (χ1v) is 7.45. The van der Waals surface area contributed by atoms with Gasteiger partial charge in [0.2, 0.25) is 5.91 Å². The summed E-state index contributed by atoms with van der Waals surface area (Å²) in [6, 6.07) is 5.24. The van der Waals surface area contributed by atoms with Gasteiger partial charge in [0.05, 0.1) is 12.1 Å². The van der Waals surface area contributed by atoms with Crippen molar-refractivity contribution in [3.8, 4) is 0 Å². The Kier molecular flexibility index (Phi) is 3.99. The fraction of sp³-hybridized carbons (Fsp3) is 0.250. The molecule has 1 aromatic heterocycles. The molecular formula is C16H15FN4O4. The van der Waals surface area contributed by atoms with Crippen LogP contribution in [0.25, 0.3) is 0 Å². The van der Waals surface area contributed by atoms with Gasteiger partial charge in [0.1, 0.15) is 17.7 Å². The highest BCUT2D eigenvalue weighted by molar-refractivity contribution is 6.23. The van der Waals surface area contributed by atoms with Crippen LogP contribution in [0.2, 0.25) is 0 Å². The summed E-state index contributed by atoms with van der Waals surface area (Å²) in [5.41, 5.74) is -0.821. The van der Waals surface area contributed by atoms with Gasteiger partial charge in [-0.1, -0.05) is 0 Å². The van der Waals surface area contributed by atoms with Gasteiger partial charge in [-0.25, -0.2) is 14.1 Å². The van der Waals surface area contributed by atoms with Crippen molar-refractivity contribution in [2.24, 2.45) is 14.1 Å². The Hall–Kier alpha value is -3.23. The molecule has 1 atom stereocenters. The maximum Gasteiger partial charge on any atom is 0.332 e. The lowest BCUT2D eigenvalue weighted by Crippen LogP contribution is -2.40. The van der Waals surface area contributed by atoms with Crippen LogP contribution in [0, 0.1) is 5.82 Å². The number of halogens is 1. The molecule has 0 spiro atoms. The summed E-state index contributed by atoms with van der Waals surface area (Å²) in [7, 11) is 2.79. The zero-order valence-electron chi connectivity index (χ0n) is 13.5. The summed E-state index contributed by atoms with van der Waals surface area (Å²) in [5.74, 6) is -1.33. The molecule has 0 saturated carbocycles. The quantitative estimate of drug-likeness (QED) is 0.788. The number of aromatic nitrogens is 2. The second kappa shape index (κ2) is 6.00. The van der Waals surface area contributed by atoms with Crippen molar-refractivity contribution in [3.63, 3.8) is 0 Å². The number of hydrogen-bond donors (Lipinski definition) is 1. The van der Waals surface area contributed by atoms with Crippen LogP contribution in [0.4, 0.5) is 15.9 Å². The molecular weight excluding hydrogens is 331 g/mol. The summed E-state index contributed by atoms with van der Waals surface area (Å²) in [6.45, 7) is 0. The Morgan fingerprint density at radius 3 is 2.32 bits per heavy atom. The molecule has 1 aromatic carbocycles. The fourth-order valence-electron chi connectivity index (χ4n) is 2.66. The van der Waals surface area contributed by atoms with Gasteiger partial charge in [-0.2, -0.15) is 0 Å². The molecule has 0 unspecified atom stereocenters. The number of benzene rings is 1. The topological polar surface area (TPSA) is 93.4 Å². The maximum absolute atomic E-state index is 13.0. The number of carbonyl (C=O) groups excluding carboxylic acids is 2. The van der Waals surface area contributed by atoms with Gasteiger partial charge >= 0.3 is 5.69 Å². The number of nitrogens with one attached hydrogen (secondary N) is 1. The first kappa shape index (κ1) is 16.6. The molecule has 1 fully saturated rings. The van der Waals surface area contributed by atoms with Crippen molar-refractivity contribution < 1.29 is 14.0 Å². The number of anilines is 2. The third-order valence-corrected chi connectivity index (χ3v) is 4.08. The molecule has 2 aromatic rings. The first-order valence-electron chi connectivity index (χ1n) is 7.45. The van der Waals surface area contributed by atoms with E-state index in [9.17, 15) is 23.6 Å². The number of nitrogens with zero attached hydrogens (tertiary/aromatic N) is 3. The van der Waals surface area contributed by atoms with Crippen molar-refractivity contribution in [3.05, 3.63) is 57.0 Å². The van der Waals surface area contributed by atoms with Gasteiger partial charge in [0.25, 0.3) is 11.5 Å². The van der Waals surface area contributed by atoms with Crippen LogP contribution in [0.3, 0.4) is 0 Å². The fourth-order valence-corrected chi connectivity index (χ4v) is 2.66. The molecule has 9 heteroatoms. The van der Waals surface area contributed by atoms with Gasteiger partial charge in [-0.3, -0.25) is 23.5 Å². The smallest absolute Gasteiger partial charge is 0.332 e. The minimum Gasteiger partial charge on any atom is -0.359 e. The van der Waals surface area contributed by atoms with Crippen LogP contribution in [0.15, 0.2) is 39.9 Å².